The quantitative estimate of drug-likeness (QED) is 0.134. The Morgan fingerprint density at radius 2 is 1.67 bits per heavy atom. The maximum absolute atomic E-state index is 12.6. The third kappa shape index (κ3) is 7.00. The monoisotopic (exact) mass is 533 g/mol. The number of thioether (sulfide) groups is 1. The van der Waals surface area contributed by atoms with Gasteiger partial charge in [0.25, 0.3) is 5.91 Å². The number of aromatic nitrogens is 3. The number of amides is 1. The molecule has 0 saturated carbocycles. The molecule has 1 amide bonds. The normalized spacial score (nSPS) is 11.0. The molecule has 0 radical (unpaired) electrons. The molecule has 0 aliphatic heterocycles. The van der Waals surface area contributed by atoms with Gasteiger partial charge in [-0.15, -0.1) is 10.2 Å². The molecule has 1 N–H and O–H groups in total. The van der Waals surface area contributed by atoms with Crippen LogP contribution >= 0.6 is 11.8 Å². The van der Waals surface area contributed by atoms with E-state index in [1.165, 1.54) is 17.3 Å². The molecule has 0 saturated heterocycles. The Hall–Kier alpha value is -4.69. The predicted octanol–water partition coefficient (Wildman–Crippen LogP) is 6.06. The highest BCUT2D eigenvalue weighted by molar-refractivity contribution is 7.99. The lowest BCUT2D eigenvalue weighted by molar-refractivity contribution is -0.118. The van der Waals surface area contributed by atoms with Gasteiger partial charge in [-0.25, -0.2) is 5.43 Å². The highest BCUT2D eigenvalue weighted by Crippen LogP contribution is 2.28. The number of nitrogens with one attached hydrogen (secondary N) is 1. The van der Waals surface area contributed by atoms with Crippen LogP contribution < -0.4 is 10.2 Å². The molecule has 194 valence electrons. The number of hydrazone groups is 1. The van der Waals surface area contributed by atoms with E-state index in [-0.39, 0.29) is 11.7 Å². The van der Waals surface area contributed by atoms with Gasteiger partial charge in [0, 0.05) is 11.3 Å². The van der Waals surface area contributed by atoms with Crippen molar-refractivity contribution in [3.8, 4) is 22.8 Å². The Bertz CT molecular complexity index is 1550. The van der Waals surface area contributed by atoms with Gasteiger partial charge in [-0.2, -0.15) is 5.10 Å². The minimum atomic E-state index is -0.243. The van der Waals surface area contributed by atoms with E-state index < -0.39 is 0 Å². The third-order valence-corrected chi connectivity index (χ3v) is 6.73. The summed E-state index contributed by atoms with van der Waals surface area (Å²) < 4.78 is 7.83. The summed E-state index contributed by atoms with van der Waals surface area (Å²) in [6.07, 6.45) is 1.60. The Labute approximate surface area is 231 Å². The second kappa shape index (κ2) is 12.7. The molecule has 1 heterocycles. The summed E-state index contributed by atoms with van der Waals surface area (Å²) in [7, 11) is 0. The van der Waals surface area contributed by atoms with Gasteiger partial charge < -0.3 is 4.74 Å². The number of rotatable bonds is 10. The Morgan fingerprint density at radius 3 is 2.44 bits per heavy atom. The molecule has 0 atom stereocenters. The SMILES string of the molecule is Cc1ccc(-c2nnc(SCC(=O)N/N=C/c3cccc(OCc4ccccc4)c3)n2-c2ccccc2)cc1. The summed E-state index contributed by atoms with van der Waals surface area (Å²) in [5.74, 6) is 1.34. The summed E-state index contributed by atoms with van der Waals surface area (Å²) in [5.41, 5.74) is 7.55. The van der Waals surface area contributed by atoms with Gasteiger partial charge in [0.15, 0.2) is 11.0 Å². The molecule has 0 aliphatic rings. The number of nitrogens with zero attached hydrogens (tertiary/aromatic N) is 4. The average Bonchev–Trinajstić information content (AvgIpc) is 3.41. The van der Waals surface area contributed by atoms with Crippen LogP contribution in [0.3, 0.4) is 0 Å². The molecule has 0 unspecified atom stereocenters. The lowest BCUT2D eigenvalue weighted by atomic mass is 10.1. The van der Waals surface area contributed by atoms with E-state index in [1.54, 1.807) is 6.21 Å². The van der Waals surface area contributed by atoms with E-state index in [2.05, 4.69) is 20.7 Å². The van der Waals surface area contributed by atoms with Crippen molar-refractivity contribution >= 4 is 23.9 Å². The summed E-state index contributed by atoms with van der Waals surface area (Å²) >= 11 is 1.31. The van der Waals surface area contributed by atoms with Crippen LogP contribution in [0.4, 0.5) is 0 Å². The molecule has 0 spiro atoms. The van der Waals surface area contributed by atoms with Crippen LogP contribution in [0.5, 0.6) is 5.75 Å². The zero-order valence-electron chi connectivity index (χ0n) is 21.4. The number of hydrogen-bond donors (Lipinski definition) is 1. The van der Waals surface area contributed by atoms with Crippen LogP contribution in [0.2, 0.25) is 0 Å². The molecule has 1 aromatic heterocycles. The fourth-order valence-electron chi connectivity index (χ4n) is 3.83. The Balaban J connectivity index is 1.21. The zero-order valence-corrected chi connectivity index (χ0v) is 22.2. The van der Waals surface area contributed by atoms with Gasteiger partial charge >= 0.3 is 0 Å². The number of para-hydroxylation sites is 1. The van der Waals surface area contributed by atoms with E-state index in [0.29, 0.717) is 11.8 Å². The van der Waals surface area contributed by atoms with E-state index >= 15 is 0 Å². The molecular weight excluding hydrogens is 506 g/mol. The number of aryl methyl sites for hydroxylation is 1. The molecule has 4 aromatic carbocycles. The minimum absolute atomic E-state index is 0.135. The standard InChI is InChI=1S/C31H27N5O2S/c1-23-15-17-26(18-16-23)30-34-35-31(36(30)27-12-6-3-7-13-27)39-22-29(37)33-32-20-25-11-8-14-28(19-25)38-21-24-9-4-2-5-10-24/h2-20H,21-22H2,1H3,(H,33,37)/b32-20+. The van der Waals surface area contributed by atoms with Crippen molar-refractivity contribution in [3.05, 3.63) is 126 Å². The number of ether oxygens (including phenoxy) is 1. The first-order valence-corrected chi connectivity index (χ1v) is 13.4. The third-order valence-electron chi connectivity index (χ3n) is 5.80. The number of hydrogen-bond acceptors (Lipinski definition) is 6. The van der Waals surface area contributed by atoms with Crippen LogP contribution in [0, 0.1) is 6.92 Å². The van der Waals surface area contributed by atoms with Crippen LogP contribution in [0.1, 0.15) is 16.7 Å². The van der Waals surface area contributed by atoms with E-state index in [4.69, 9.17) is 4.74 Å². The van der Waals surface area contributed by atoms with Crippen LogP contribution in [-0.2, 0) is 11.4 Å². The van der Waals surface area contributed by atoms with Crippen molar-refractivity contribution < 1.29 is 9.53 Å². The zero-order chi connectivity index (χ0) is 26.9. The molecule has 7 nitrogen and oxygen atoms in total. The highest BCUT2D eigenvalue weighted by atomic mass is 32.2. The van der Waals surface area contributed by atoms with Gasteiger partial charge in [0.2, 0.25) is 0 Å². The summed E-state index contributed by atoms with van der Waals surface area (Å²) in [6.45, 7) is 2.53. The largest absolute Gasteiger partial charge is 0.489 e. The van der Waals surface area contributed by atoms with Gasteiger partial charge in [0.05, 0.1) is 12.0 Å². The van der Waals surface area contributed by atoms with Gasteiger partial charge in [-0.3, -0.25) is 9.36 Å². The Morgan fingerprint density at radius 1 is 0.923 bits per heavy atom. The molecule has 5 aromatic rings. The van der Waals surface area contributed by atoms with E-state index in [0.717, 1.165) is 34.0 Å². The van der Waals surface area contributed by atoms with E-state index in [1.807, 2.05) is 121 Å². The smallest absolute Gasteiger partial charge is 0.250 e. The van der Waals surface area contributed by atoms with Crippen molar-refractivity contribution in [1.82, 2.24) is 20.2 Å². The maximum Gasteiger partial charge on any atom is 0.250 e. The minimum Gasteiger partial charge on any atom is -0.489 e. The van der Waals surface area contributed by atoms with E-state index in [9.17, 15) is 4.79 Å². The first-order chi connectivity index (χ1) is 19.2. The first kappa shape index (κ1) is 25.9. The summed E-state index contributed by atoms with van der Waals surface area (Å²) in [4.78, 5) is 12.6. The lowest BCUT2D eigenvalue weighted by Crippen LogP contribution is -2.20. The van der Waals surface area contributed by atoms with Gasteiger partial charge in [-0.1, -0.05) is 102 Å². The molecule has 39 heavy (non-hydrogen) atoms. The molecule has 0 bridgehead atoms. The van der Waals surface area contributed by atoms with Crippen molar-refractivity contribution in [3.63, 3.8) is 0 Å². The highest BCUT2D eigenvalue weighted by Gasteiger charge is 2.17. The summed E-state index contributed by atoms with van der Waals surface area (Å²) in [6, 6.07) is 35.5. The molecule has 5 rings (SSSR count). The average molecular weight is 534 g/mol. The lowest BCUT2D eigenvalue weighted by Gasteiger charge is -2.10. The van der Waals surface area contributed by atoms with Crippen LogP contribution in [0.25, 0.3) is 17.1 Å². The van der Waals surface area contributed by atoms with Crippen LogP contribution in [-0.4, -0.2) is 32.6 Å². The number of carbonyl (C=O) groups is 1. The first-order valence-electron chi connectivity index (χ1n) is 12.4. The number of carbonyl (C=O) groups excluding carboxylic acids is 1. The topological polar surface area (TPSA) is 81.4 Å². The van der Waals surface area contributed by atoms with Gasteiger partial charge in [-0.05, 0) is 42.3 Å². The second-order valence-corrected chi connectivity index (χ2v) is 9.71. The molecule has 0 fully saturated rings. The number of benzene rings is 4. The Kier molecular flexibility index (Phi) is 8.45. The van der Waals surface area contributed by atoms with Crippen molar-refractivity contribution in [1.29, 1.82) is 0 Å². The van der Waals surface area contributed by atoms with Crippen molar-refractivity contribution in [2.45, 2.75) is 18.7 Å². The maximum atomic E-state index is 12.6. The molecule has 0 aliphatic carbocycles. The fourth-order valence-corrected chi connectivity index (χ4v) is 4.57. The predicted molar refractivity (Wildman–Crippen MR) is 155 cm³/mol. The second-order valence-electron chi connectivity index (χ2n) is 8.77. The van der Waals surface area contributed by atoms with Crippen molar-refractivity contribution in [2.24, 2.45) is 5.10 Å². The fraction of sp³-hybridized carbons (Fsp3) is 0.0968. The molecule has 8 heteroatoms. The van der Waals surface area contributed by atoms with Crippen LogP contribution in [0.15, 0.2) is 119 Å². The molecular formula is C31H27N5O2S. The van der Waals surface area contributed by atoms with Gasteiger partial charge in [0.1, 0.15) is 12.4 Å². The van der Waals surface area contributed by atoms with Crippen molar-refractivity contribution in [2.75, 3.05) is 5.75 Å². The summed E-state index contributed by atoms with van der Waals surface area (Å²) in [5, 5.41) is 13.6.